The number of aliphatic hydroxyl groups excluding tert-OH is 2. The molecule has 0 radical (unpaired) electrons. The fourth-order valence-electron chi connectivity index (χ4n) is 9.26. The molecule has 2 aromatic rings. The van der Waals surface area contributed by atoms with Crippen LogP contribution in [0.3, 0.4) is 0 Å². The van der Waals surface area contributed by atoms with Crippen molar-refractivity contribution >= 4 is 17.5 Å². The standard InChI is InChI=1S/C40H44O7/c1-2-3-12-33-40-20-19-28(34(37(40)39(45)47-33)31-22-26(43)14-15-27(31)25-10-5-4-6-11-25)29-16-17-30-32(46-38(44)35(30)36(29)40)18-13-24(23-42)9-7-8-21-41/h4-6,10-12,14-15,18,22,24,28-29,36,41-43H,2-3,7-9,13,16-17,19-21,23H2,1H3/b32-18?,33-12-/t24-,28-,29+,36-,40-/m1/s1. The number of ether oxygens (including phenoxy) is 2. The van der Waals surface area contributed by atoms with Crippen molar-refractivity contribution in [3.63, 3.8) is 0 Å². The fraction of sp³-hybridized carbons (Fsp3) is 0.450. The van der Waals surface area contributed by atoms with Crippen LogP contribution in [0.1, 0.15) is 76.7 Å². The van der Waals surface area contributed by atoms with Crippen molar-refractivity contribution in [3.05, 3.63) is 94.5 Å². The van der Waals surface area contributed by atoms with Gasteiger partial charge < -0.3 is 24.8 Å². The Hall–Kier alpha value is -3.94. The number of benzene rings is 2. The van der Waals surface area contributed by atoms with Crippen LogP contribution in [-0.4, -0.2) is 40.5 Å². The van der Waals surface area contributed by atoms with Crippen molar-refractivity contribution in [2.75, 3.05) is 13.2 Å². The molecule has 0 unspecified atom stereocenters. The van der Waals surface area contributed by atoms with Crippen LogP contribution in [0.15, 0.2) is 88.9 Å². The molecule has 3 N–H and O–H groups in total. The van der Waals surface area contributed by atoms with Crippen LogP contribution < -0.4 is 0 Å². The summed E-state index contributed by atoms with van der Waals surface area (Å²) in [6.07, 6.45) is 11.7. The molecule has 47 heavy (non-hydrogen) atoms. The minimum absolute atomic E-state index is 0.0133. The highest BCUT2D eigenvalue weighted by Gasteiger charge is 2.68. The minimum Gasteiger partial charge on any atom is -0.508 e. The lowest BCUT2D eigenvalue weighted by atomic mass is 9.44. The number of aliphatic hydroxyl groups is 2. The van der Waals surface area contributed by atoms with Gasteiger partial charge in [-0.25, -0.2) is 9.59 Å². The van der Waals surface area contributed by atoms with Crippen LogP contribution in [0.5, 0.6) is 5.75 Å². The average Bonchev–Trinajstić information content (AvgIpc) is 3.58. The highest BCUT2D eigenvalue weighted by molar-refractivity contribution is 6.07. The Bertz CT molecular complexity index is 1700. The van der Waals surface area contributed by atoms with Gasteiger partial charge >= 0.3 is 11.9 Å². The summed E-state index contributed by atoms with van der Waals surface area (Å²) in [6, 6.07) is 15.5. The maximum Gasteiger partial charge on any atom is 0.340 e. The molecule has 6 aliphatic rings. The molecule has 2 aromatic carbocycles. The number of esters is 2. The van der Waals surface area contributed by atoms with Crippen molar-refractivity contribution in [1.82, 2.24) is 0 Å². The first kappa shape index (κ1) is 31.6. The van der Waals surface area contributed by atoms with Crippen LogP contribution in [0.4, 0.5) is 0 Å². The molecule has 2 aliphatic heterocycles. The van der Waals surface area contributed by atoms with E-state index >= 15 is 0 Å². The Morgan fingerprint density at radius 2 is 1.79 bits per heavy atom. The number of carbonyl (C=O) groups is 2. The molecular formula is C40H44O7. The number of allylic oxidation sites excluding steroid dienone is 5. The van der Waals surface area contributed by atoms with Crippen molar-refractivity contribution < 1.29 is 34.4 Å². The van der Waals surface area contributed by atoms with Crippen LogP contribution in [0, 0.1) is 29.1 Å². The molecule has 0 aromatic heterocycles. The number of fused-ring (bicyclic) bond motifs is 1. The maximum atomic E-state index is 14.1. The maximum absolute atomic E-state index is 14.1. The summed E-state index contributed by atoms with van der Waals surface area (Å²) in [7, 11) is 0. The van der Waals surface area contributed by atoms with Gasteiger partial charge in [0.2, 0.25) is 0 Å². The van der Waals surface area contributed by atoms with Gasteiger partial charge in [0.1, 0.15) is 17.3 Å². The van der Waals surface area contributed by atoms with Gasteiger partial charge in [0.15, 0.2) is 0 Å². The van der Waals surface area contributed by atoms with Gasteiger partial charge in [-0.2, -0.15) is 0 Å². The van der Waals surface area contributed by atoms with Gasteiger partial charge in [0.25, 0.3) is 0 Å². The number of phenolic OH excluding ortho intramolecular Hbond substituents is 1. The zero-order valence-corrected chi connectivity index (χ0v) is 27.0. The molecule has 246 valence electrons. The third kappa shape index (κ3) is 5.19. The predicted octanol–water partition coefficient (Wildman–Crippen LogP) is 7.39. The van der Waals surface area contributed by atoms with Gasteiger partial charge in [-0.3, -0.25) is 0 Å². The van der Waals surface area contributed by atoms with Gasteiger partial charge in [-0.15, -0.1) is 0 Å². The number of cyclic esters (lactones) is 2. The predicted molar refractivity (Wildman–Crippen MR) is 178 cm³/mol. The number of carbonyl (C=O) groups excluding carboxylic acids is 2. The van der Waals surface area contributed by atoms with Crippen LogP contribution in [0.25, 0.3) is 16.7 Å². The second-order valence-corrected chi connectivity index (χ2v) is 13.8. The molecule has 4 aliphatic carbocycles. The molecule has 1 spiro atoms. The summed E-state index contributed by atoms with van der Waals surface area (Å²) in [5, 5.41) is 29.9. The Balaban J connectivity index is 1.38. The molecular weight excluding hydrogens is 592 g/mol. The van der Waals surface area contributed by atoms with Crippen LogP contribution >= 0.6 is 0 Å². The topological polar surface area (TPSA) is 113 Å². The average molecular weight is 637 g/mol. The first-order chi connectivity index (χ1) is 22.9. The highest BCUT2D eigenvalue weighted by Crippen LogP contribution is 2.72. The van der Waals surface area contributed by atoms with E-state index in [-0.39, 0.29) is 54.6 Å². The summed E-state index contributed by atoms with van der Waals surface area (Å²) in [5.41, 5.74) is 5.27. The van der Waals surface area contributed by atoms with Gasteiger partial charge in [0, 0.05) is 30.3 Å². The lowest BCUT2D eigenvalue weighted by Crippen LogP contribution is -2.52. The second kappa shape index (κ2) is 12.9. The summed E-state index contributed by atoms with van der Waals surface area (Å²) in [5.74, 6) is 0.617. The van der Waals surface area contributed by atoms with E-state index in [0.717, 1.165) is 66.4 Å². The second-order valence-electron chi connectivity index (χ2n) is 13.8. The molecule has 7 nitrogen and oxygen atoms in total. The van der Waals surface area contributed by atoms with E-state index < -0.39 is 5.41 Å². The van der Waals surface area contributed by atoms with E-state index in [1.54, 1.807) is 12.1 Å². The van der Waals surface area contributed by atoms with Crippen molar-refractivity contribution in [1.29, 1.82) is 0 Å². The van der Waals surface area contributed by atoms with E-state index in [9.17, 15) is 24.9 Å². The SMILES string of the molecule is CCC/C=C1\OC(=O)C2=C(c3cc(O)ccc3-c3ccccc3)[C@@H]3CC[C@@]21[C@H]1C2=C(CC[C@@H]31)C(=CC[C@H](CO)CCCCO)OC2=O. The number of aromatic hydroxyl groups is 1. The van der Waals surface area contributed by atoms with Gasteiger partial charge in [-0.05, 0) is 116 Å². The van der Waals surface area contributed by atoms with E-state index in [1.807, 2.05) is 42.5 Å². The third-order valence-electron chi connectivity index (χ3n) is 11.3. The first-order valence-corrected chi connectivity index (χ1v) is 17.4. The highest BCUT2D eigenvalue weighted by atomic mass is 16.5. The Labute approximate surface area is 276 Å². The number of unbranched alkanes of at least 4 members (excludes halogenated alkanes) is 2. The van der Waals surface area contributed by atoms with Crippen LogP contribution in [-0.2, 0) is 19.1 Å². The van der Waals surface area contributed by atoms with Crippen molar-refractivity contribution in [2.24, 2.45) is 29.1 Å². The first-order valence-electron chi connectivity index (χ1n) is 17.4. The van der Waals surface area contributed by atoms with Gasteiger partial charge in [-0.1, -0.05) is 56.2 Å². The van der Waals surface area contributed by atoms with E-state index in [0.29, 0.717) is 48.3 Å². The monoisotopic (exact) mass is 636 g/mol. The Kier molecular flexibility index (Phi) is 8.71. The van der Waals surface area contributed by atoms with E-state index in [4.69, 9.17) is 9.47 Å². The quantitative estimate of drug-likeness (QED) is 0.174. The normalized spacial score (nSPS) is 28.4. The largest absolute Gasteiger partial charge is 0.508 e. The molecule has 0 amide bonds. The molecule has 1 saturated carbocycles. The fourth-order valence-corrected chi connectivity index (χ4v) is 9.26. The van der Waals surface area contributed by atoms with Gasteiger partial charge in [0.05, 0.1) is 11.0 Å². The van der Waals surface area contributed by atoms with Crippen LogP contribution in [0.2, 0.25) is 0 Å². The minimum atomic E-state index is -0.784. The lowest BCUT2D eigenvalue weighted by molar-refractivity contribution is -0.135. The molecule has 8 rings (SSSR count). The van der Waals surface area contributed by atoms with E-state index in [1.165, 1.54) is 0 Å². The molecule has 7 heteroatoms. The van der Waals surface area contributed by atoms with E-state index in [2.05, 4.69) is 13.0 Å². The molecule has 5 atom stereocenters. The van der Waals surface area contributed by atoms with Crippen molar-refractivity contribution in [3.8, 4) is 16.9 Å². The summed E-state index contributed by atoms with van der Waals surface area (Å²) in [6.45, 7) is 2.27. The molecule has 2 fully saturated rings. The number of hydrogen-bond donors (Lipinski definition) is 3. The number of phenols is 1. The number of hydrogen-bond acceptors (Lipinski definition) is 7. The zero-order chi connectivity index (χ0) is 32.7. The number of rotatable bonds is 11. The smallest absolute Gasteiger partial charge is 0.340 e. The third-order valence-corrected chi connectivity index (χ3v) is 11.3. The molecule has 2 bridgehead atoms. The van der Waals surface area contributed by atoms with Crippen molar-refractivity contribution in [2.45, 2.75) is 71.1 Å². The summed E-state index contributed by atoms with van der Waals surface area (Å²) >= 11 is 0. The summed E-state index contributed by atoms with van der Waals surface area (Å²) < 4.78 is 12.2. The molecule has 1 saturated heterocycles. The summed E-state index contributed by atoms with van der Waals surface area (Å²) in [4.78, 5) is 28.1. The Morgan fingerprint density at radius 1 is 0.957 bits per heavy atom. The lowest BCUT2D eigenvalue weighted by Gasteiger charge is -2.56. The zero-order valence-electron chi connectivity index (χ0n) is 27.0. The molecule has 2 heterocycles. The Morgan fingerprint density at radius 3 is 2.55 bits per heavy atom.